The summed E-state index contributed by atoms with van der Waals surface area (Å²) in [6.45, 7) is 0. The lowest BCUT2D eigenvalue weighted by Gasteiger charge is -2.52. The topological polar surface area (TPSA) is 8.17 Å². The molecule has 0 N–H and O–H groups in total. The van der Waals surface area contributed by atoms with E-state index in [0.29, 0.717) is 0 Å². The van der Waals surface area contributed by atoms with E-state index in [9.17, 15) is 0 Å². The maximum atomic E-state index is 2.51. The summed E-state index contributed by atoms with van der Waals surface area (Å²) in [5.74, 6) is 0.145. The van der Waals surface area contributed by atoms with E-state index in [1.54, 1.807) is 0 Å². The zero-order valence-electron chi connectivity index (χ0n) is 37.5. The molecule has 1 heterocycles. The van der Waals surface area contributed by atoms with Gasteiger partial charge in [0.05, 0.1) is 21.9 Å². The Morgan fingerprint density at radius 3 is 1.91 bits per heavy atom. The van der Waals surface area contributed by atoms with E-state index >= 15 is 0 Å². The lowest BCUT2D eigenvalue weighted by atomic mass is 9.49. The van der Waals surface area contributed by atoms with Gasteiger partial charge >= 0.3 is 0 Å². The molecule has 0 bridgehead atoms. The van der Waals surface area contributed by atoms with Crippen molar-refractivity contribution in [2.24, 2.45) is 5.92 Å². The van der Waals surface area contributed by atoms with Crippen molar-refractivity contribution in [3.05, 3.63) is 300 Å². The molecule has 3 atom stereocenters. The van der Waals surface area contributed by atoms with Crippen molar-refractivity contribution >= 4 is 49.6 Å². The fraction of sp³-hybridized carbons (Fsp3) is 0.0606. The summed E-state index contributed by atoms with van der Waals surface area (Å²) in [7, 11) is 0. The number of rotatable bonds is 7. The molecule has 2 heteroatoms. The first-order valence-electron chi connectivity index (χ1n) is 24.0. The third-order valence-corrected chi connectivity index (χ3v) is 15.5. The molecule has 0 fully saturated rings. The molecule has 10 aromatic carbocycles. The average Bonchev–Trinajstić information content (AvgIpc) is 3.91. The van der Waals surface area contributed by atoms with Gasteiger partial charge in [-0.3, -0.25) is 0 Å². The third-order valence-electron chi connectivity index (χ3n) is 15.5. The maximum Gasteiger partial charge on any atom is 0.0719 e. The predicted molar refractivity (Wildman–Crippen MR) is 283 cm³/mol. The lowest BCUT2D eigenvalue weighted by molar-refractivity contribution is 0.424. The molecular weight excluding hydrogens is 821 g/mol. The first-order valence-corrected chi connectivity index (χ1v) is 24.0. The van der Waals surface area contributed by atoms with Gasteiger partial charge in [-0.1, -0.05) is 206 Å². The van der Waals surface area contributed by atoms with Crippen LogP contribution in [0.15, 0.2) is 261 Å². The maximum absolute atomic E-state index is 2.51. The first kappa shape index (κ1) is 38.8. The Hall–Kier alpha value is -8.46. The van der Waals surface area contributed by atoms with Crippen LogP contribution in [0.1, 0.15) is 45.4 Å². The van der Waals surface area contributed by atoms with Crippen molar-refractivity contribution in [1.29, 1.82) is 0 Å². The molecule has 320 valence electrons. The number of anilines is 3. The fourth-order valence-electron chi connectivity index (χ4n) is 12.8. The standard InChI is InChI=1S/C66H46N2/c1-4-22-47(23-5-1)65(59-34-15-16-35-60(59)66(48-24-6-2-7-25-48)58-33-14-12-30-54(58)57-32-19-36-61(65)64(57)66)49-26-18-29-51(43-49)67(50-27-8-3-9-28-50)53-40-41-56-55-31-13-17-37-62(55)68(63(56)44-53)52-39-38-45-20-10-11-21-46(45)42-52/h1-22,24-44,47H,23H2/t47?,65?,66-/m0/s1. The van der Waals surface area contributed by atoms with Crippen LogP contribution in [0.2, 0.25) is 0 Å². The normalized spacial score (nSPS) is 18.7. The molecular formula is C66H46N2. The summed E-state index contributed by atoms with van der Waals surface area (Å²) in [5.41, 5.74) is 17.9. The Morgan fingerprint density at radius 2 is 1.06 bits per heavy atom. The van der Waals surface area contributed by atoms with E-state index < -0.39 is 10.8 Å². The Morgan fingerprint density at radius 1 is 0.412 bits per heavy atom. The van der Waals surface area contributed by atoms with Crippen molar-refractivity contribution in [3.63, 3.8) is 0 Å². The second kappa shape index (κ2) is 15.0. The summed E-state index contributed by atoms with van der Waals surface area (Å²) in [5, 5.41) is 4.94. The molecule has 0 amide bonds. The predicted octanol–water partition coefficient (Wildman–Crippen LogP) is 16.5. The van der Waals surface area contributed by atoms with Crippen molar-refractivity contribution in [2.45, 2.75) is 17.3 Å². The van der Waals surface area contributed by atoms with Crippen LogP contribution in [0.5, 0.6) is 0 Å². The molecule has 2 unspecified atom stereocenters. The van der Waals surface area contributed by atoms with Crippen molar-refractivity contribution in [3.8, 4) is 16.8 Å². The van der Waals surface area contributed by atoms with Gasteiger partial charge in [-0.2, -0.15) is 0 Å². The van der Waals surface area contributed by atoms with Gasteiger partial charge in [0.2, 0.25) is 0 Å². The summed E-state index contributed by atoms with van der Waals surface area (Å²) in [6, 6.07) is 88.8. The number of allylic oxidation sites excluding steroid dienone is 4. The molecule has 0 saturated heterocycles. The van der Waals surface area contributed by atoms with Crippen LogP contribution in [0.4, 0.5) is 17.1 Å². The quantitative estimate of drug-likeness (QED) is 0.155. The van der Waals surface area contributed by atoms with E-state index in [1.165, 1.54) is 82.6 Å². The zero-order chi connectivity index (χ0) is 44.8. The smallest absolute Gasteiger partial charge is 0.0719 e. The second-order valence-corrected chi connectivity index (χ2v) is 18.7. The summed E-state index contributed by atoms with van der Waals surface area (Å²) in [6.07, 6.45) is 10.3. The van der Waals surface area contributed by atoms with Crippen LogP contribution >= 0.6 is 0 Å². The number of aromatic nitrogens is 1. The van der Waals surface area contributed by atoms with Gasteiger partial charge in [0.1, 0.15) is 0 Å². The van der Waals surface area contributed by atoms with Gasteiger partial charge in [0.15, 0.2) is 0 Å². The van der Waals surface area contributed by atoms with Crippen molar-refractivity contribution in [2.75, 3.05) is 4.90 Å². The Kier molecular flexibility index (Phi) is 8.57. The average molecular weight is 867 g/mol. The molecule has 2 nitrogen and oxygen atoms in total. The van der Waals surface area contributed by atoms with E-state index in [1.807, 2.05) is 0 Å². The Balaban J connectivity index is 1.03. The van der Waals surface area contributed by atoms with E-state index in [-0.39, 0.29) is 5.92 Å². The van der Waals surface area contributed by atoms with Crippen LogP contribution < -0.4 is 4.90 Å². The summed E-state index contributed by atoms with van der Waals surface area (Å²) in [4.78, 5) is 2.46. The van der Waals surface area contributed by atoms with Crippen LogP contribution in [0.25, 0.3) is 49.4 Å². The van der Waals surface area contributed by atoms with Crippen LogP contribution in [-0.4, -0.2) is 4.57 Å². The highest BCUT2D eigenvalue weighted by atomic mass is 15.1. The minimum absolute atomic E-state index is 0.145. The highest BCUT2D eigenvalue weighted by Gasteiger charge is 2.58. The molecule has 0 radical (unpaired) electrons. The van der Waals surface area contributed by atoms with Gasteiger partial charge in [-0.25, -0.2) is 0 Å². The van der Waals surface area contributed by atoms with Crippen LogP contribution in [-0.2, 0) is 10.8 Å². The van der Waals surface area contributed by atoms with Gasteiger partial charge in [0.25, 0.3) is 0 Å². The molecule has 68 heavy (non-hydrogen) atoms. The Labute approximate surface area is 397 Å². The van der Waals surface area contributed by atoms with Gasteiger partial charge in [-0.15, -0.1) is 0 Å². The fourth-order valence-corrected chi connectivity index (χ4v) is 12.8. The number of para-hydroxylation sites is 2. The number of nitrogens with zero attached hydrogens (tertiary/aromatic N) is 2. The molecule has 3 aliphatic rings. The first-order chi connectivity index (χ1) is 33.7. The second-order valence-electron chi connectivity index (χ2n) is 18.7. The molecule has 1 aromatic heterocycles. The lowest BCUT2D eigenvalue weighted by Crippen LogP contribution is -2.47. The molecule has 14 rings (SSSR count). The van der Waals surface area contributed by atoms with Crippen molar-refractivity contribution < 1.29 is 0 Å². The molecule has 0 spiro atoms. The largest absolute Gasteiger partial charge is 0.310 e. The minimum atomic E-state index is -0.533. The zero-order valence-corrected chi connectivity index (χ0v) is 37.5. The van der Waals surface area contributed by atoms with Gasteiger partial charge in [0, 0.05) is 33.5 Å². The van der Waals surface area contributed by atoms with Gasteiger partial charge < -0.3 is 9.47 Å². The van der Waals surface area contributed by atoms with Crippen LogP contribution in [0.3, 0.4) is 0 Å². The SMILES string of the molecule is C1=CCC(C2(c3cccc(N(c4ccccc4)c4ccc5c6ccccc6n(-c6ccc7ccccc7c6)c5c4)c3)c3ccccc3[C@]3(c4ccccc4)c4ccccc4-c4cccc2c43)C=C1. The van der Waals surface area contributed by atoms with Crippen LogP contribution in [0, 0.1) is 5.92 Å². The number of hydrogen-bond donors (Lipinski definition) is 0. The number of hydrogen-bond acceptors (Lipinski definition) is 1. The monoisotopic (exact) mass is 866 g/mol. The molecule has 3 aliphatic carbocycles. The van der Waals surface area contributed by atoms with E-state index in [4.69, 9.17) is 0 Å². The van der Waals surface area contributed by atoms with E-state index in [0.717, 1.165) is 29.2 Å². The number of fused-ring (bicyclic) bond motifs is 9. The highest BCUT2D eigenvalue weighted by molar-refractivity contribution is 6.10. The van der Waals surface area contributed by atoms with E-state index in [2.05, 4.69) is 270 Å². The summed E-state index contributed by atoms with van der Waals surface area (Å²) < 4.78 is 2.45. The number of benzene rings is 10. The minimum Gasteiger partial charge on any atom is -0.310 e. The summed E-state index contributed by atoms with van der Waals surface area (Å²) >= 11 is 0. The van der Waals surface area contributed by atoms with Crippen molar-refractivity contribution in [1.82, 2.24) is 4.57 Å². The Bertz CT molecular complexity index is 3860. The third kappa shape index (κ3) is 5.34. The molecule has 0 aliphatic heterocycles. The highest BCUT2D eigenvalue weighted by Crippen LogP contribution is 2.66. The molecule has 11 aromatic rings. The molecule has 0 saturated carbocycles. The van der Waals surface area contributed by atoms with Gasteiger partial charge in [-0.05, 0) is 128 Å².